The first-order valence-corrected chi connectivity index (χ1v) is 7.73. The molecular formula is C14H18N2O5S. The molecule has 2 unspecified atom stereocenters. The lowest BCUT2D eigenvalue weighted by Crippen LogP contribution is -2.62. The van der Waals surface area contributed by atoms with E-state index in [1.54, 1.807) is 38.1 Å². The van der Waals surface area contributed by atoms with Gasteiger partial charge in [-0.05, 0) is 25.5 Å². The second-order valence-corrected chi connectivity index (χ2v) is 6.61. The average molecular weight is 326 g/mol. The highest BCUT2D eigenvalue weighted by molar-refractivity contribution is 7.76. The summed E-state index contributed by atoms with van der Waals surface area (Å²) >= 11 is -2.48. The number of carbonyl (C=O) groups is 2. The molecule has 2 atom stereocenters. The molecule has 0 saturated heterocycles. The summed E-state index contributed by atoms with van der Waals surface area (Å²) in [6.45, 7) is 4.47. The quantitative estimate of drug-likeness (QED) is 0.796. The highest BCUT2D eigenvalue weighted by Crippen LogP contribution is 2.37. The summed E-state index contributed by atoms with van der Waals surface area (Å²) in [6, 6.07) is 5.58. The zero-order chi connectivity index (χ0) is 16.7. The van der Waals surface area contributed by atoms with Crippen LogP contribution in [-0.2, 0) is 27.4 Å². The molecule has 1 aliphatic rings. The lowest BCUT2D eigenvalue weighted by Gasteiger charge is -2.42. The number of nitrogens with zero attached hydrogens (tertiary/aromatic N) is 2. The first-order valence-electron chi connectivity index (χ1n) is 6.67. The second-order valence-electron chi connectivity index (χ2n) is 5.68. The molecule has 2 rings (SSSR count). The molecule has 8 heteroatoms. The number of carboxylic acid groups (broad SMARTS) is 1. The zero-order valence-corrected chi connectivity index (χ0v) is 13.3. The molecule has 120 valence electrons. The van der Waals surface area contributed by atoms with E-state index < -0.39 is 28.8 Å². The number of carbonyl (C=O) groups excluding carboxylic acids is 1. The van der Waals surface area contributed by atoms with Crippen molar-refractivity contribution in [2.75, 3.05) is 4.90 Å². The Morgan fingerprint density at radius 3 is 2.41 bits per heavy atom. The van der Waals surface area contributed by atoms with Gasteiger partial charge in [-0.1, -0.05) is 18.2 Å². The van der Waals surface area contributed by atoms with Crippen LogP contribution in [0.1, 0.15) is 26.3 Å². The van der Waals surface area contributed by atoms with E-state index in [1.165, 1.54) is 11.8 Å². The molecular weight excluding hydrogens is 308 g/mol. The van der Waals surface area contributed by atoms with Crippen LogP contribution in [0.3, 0.4) is 0 Å². The van der Waals surface area contributed by atoms with E-state index in [1.807, 2.05) is 0 Å². The second kappa shape index (κ2) is 5.79. The van der Waals surface area contributed by atoms with Crippen molar-refractivity contribution in [1.82, 2.24) is 4.31 Å². The van der Waals surface area contributed by atoms with Crippen LogP contribution in [0.4, 0.5) is 5.69 Å². The molecule has 0 saturated carbocycles. The van der Waals surface area contributed by atoms with E-state index in [0.717, 1.165) is 4.31 Å². The fraction of sp³-hybridized carbons (Fsp3) is 0.429. The number of aliphatic carboxylic acids is 1. The maximum absolute atomic E-state index is 12.2. The highest BCUT2D eigenvalue weighted by atomic mass is 32.2. The molecule has 0 fully saturated rings. The molecule has 1 heterocycles. The Morgan fingerprint density at radius 2 is 1.91 bits per heavy atom. The average Bonchev–Trinajstić information content (AvgIpc) is 2.48. The van der Waals surface area contributed by atoms with Gasteiger partial charge in [0.25, 0.3) is 0 Å². The Labute approximate surface area is 130 Å². The summed E-state index contributed by atoms with van der Waals surface area (Å²) in [5.74, 6) is -1.58. The fourth-order valence-electron chi connectivity index (χ4n) is 3.05. The number of benzene rings is 1. The van der Waals surface area contributed by atoms with Crippen LogP contribution in [0.15, 0.2) is 24.3 Å². The molecule has 22 heavy (non-hydrogen) atoms. The third-order valence-corrected chi connectivity index (χ3v) is 4.58. The van der Waals surface area contributed by atoms with Crippen molar-refractivity contribution in [3.8, 4) is 0 Å². The number of amides is 1. The number of rotatable bonds is 2. The lowest BCUT2D eigenvalue weighted by molar-refractivity contribution is -0.143. The molecule has 1 aromatic carbocycles. The van der Waals surface area contributed by atoms with Crippen LogP contribution in [0, 0.1) is 0 Å². The number of para-hydroxylation sites is 1. The predicted molar refractivity (Wildman–Crippen MR) is 81.4 cm³/mol. The maximum atomic E-state index is 12.2. The summed E-state index contributed by atoms with van der Waals surface area (Å²) in [4.78, 5) is 25.3. The smallest absolute Gasteiger partial charge is 0.324 e. The predicted octanol–water partition coefficient (Wildman–Crippen LogP) is 1.22. The minimum Gasteiger partial charge on any atom is -0.480 e. The number of hydrogen-bond acceptors (Lipinski definition) is 3. The van der Waals surface area contributed by atoms with Crippen molar-refractivity contribution in [3.63, 3.8) is 0 Å². The van der Waals surface area contributed by atoms with Crippen molar-refractivity contribution < 1.29 is 23.5 Å². The molecule has 1 amide bonds. The normalized spacial score (nSPS) is 22.5. The first-order chi connectivity index (χ1) is 10.2. The van der Waals surface area contributed by atoms with Crippen LogP contribution >= 0.6 is 0 Å². The Morgan fingerprint density at radius 1 is 1.32 bits per heavy atom. The fourth-order valence-corrected chi connectivity index (χ4v) is 3.83. The third kappa shape index (κ3) is 2.65. The Bertz CT molecular complexity index is 646. The lowest BCUT2D eigenvalue weighted by atomic mass is 9.92. The van der Waals surface area contributed by atoms with Crippen LogP contribution in [-0.4, -0.2) is 41.6 Å². The SMILES string of the molecule is CC(=O)N1c2ccccc2CN(S(=O)O)C(C(=O)O)C1(C)C. The summed E-state index contributed by atoms with van der Waals surface area (Å²) < 4.78 is 22.2. The van der Waals surface area contributed by atoms with Crippen LogP contribution in [0.2, 0.25) is 0 Å². The van der Waals surface area contributed by atoms with Gasteiger partial charge in [0.05, 0.1) is 5.54 Å². The van der Waals surface area contributed by atoms with E-state index >= 15 is 0 Å². The molecule has 0 spiro atoms. The topological polar surface area (TPSA) is 98.2 Å². The number of fused-ring (bicyclic) bond motifs is 1. The van der Waals surface area contributed by atoms with E-state index in [-0.39, 0.29) is 12.5 Å². The van der Waals surface area contributed by atoms with Crippen molar-refractivity contribution >= 4 is 28.8 Å². The zero-order valence-electron chi connectivity index (χ0n) is 12.5. The number of carboxylic acids is 1. The highest BCUT2D eigenvalue weighted by Gasteiger charge is 2.50. The molecule has 1 aliphatic heterocycles. The van der Waals surface area contributed by atoms with Gasteiger partial charge in [-0.3, -0.25) is 14.1 Å². The molecule has 0 bridgehead atoms. The van der Waals surface area contributed by atoms with E-state index in [2.05, 4.69) is 0 Å². The van der Waals surface area contributed by atoms with Crippen molar-refractivity contribution in [2.45, 2.75) is 38.9 Å². The van der Waals surface area contributed by atoms with Crippen LogP contribution in [0.5, 0.6) is 0 Å². The van der Waals surface area contributed by atoms with Gasteiger partial charge in [-0.25, -0.2) is 4.21 Å². The van der Waals surface area contributed by atoms with E-state index in [9.17, 15) is 23.5 Å². The number of hydrogen-bond donors (Lipinski definition) is 2. The number of anilines is 1. The van der Waals surface area contributed by atoms with Gasteiger partial charge in [0, 0.05) is 19.2 Å². The minimum atomic E-state index is -2.48. The standard InChI is InChI=1S/C14H18N2O5S/c1-9(17)16-11-7-5-4-6-10(11)8-15(22(20)21)12(13(18)19)14(16,2)3/h4-7,12H,8H2,1-3H3,(H,18,19)(H,20,21). The Balaban J connectivity index is 2.74. The van der Waals surface area contributed by atoms with Gasteiger partial charge in [-0.15, -0.1) is 0 Å². The molecule has 0 aliphatic carbocycles. The molecule has 2 N–H and O–H groups in total. The van der Waals surface area contributed by atoms with Crippen molar-refractivity contribution in [2.24, 2.45) is 0 Å². The van der Waals surface area contributed by atoms with Gasteiger partial charge in [0.1, 0.15) is 6.04 Å². The Kier molecular flexibility index (Phi) is 4.37. The maximum Gasteiger partial charge on any atom is 0.324 e. The van der Waals surface area contributed by atoms with Crippen molar-refractivity contribution in [3.05, 3.63) is 29.8 Å². The van der Waals surface area contributed by atoms with Gasteiger partial charge in [-0.2, -0.15) is 4.31 Å². The first kappa shape index (κ1) is 16.6. The summed E-state index contributed by atoms with van der Waals surface area (Å²) in [5.41, 5.74) is -0.0287. The molecule has 0 aromatic heterocycles. The van der Waals surface area contributed by atoms with Gasteiger partial charge in [0.2, 0.25) is 17.2 Å². The van der Waals surface area contributed by atoms with Crippen LogP contribution in [0.25, 0.3) is 0 Å². The summed E-state index contributed by atoms with van der Waals surface area (Å²) in [5, 5.41) is 9.57. The third-order valence-electron chi connectivity index (χ3n) is 3.84. The monoisotopic (exact) mass is 326 g/mol. The molecule has 1 aromatic rings. The largest absolute Gasteiger partial charge is 0.480 e. The van der Waals surface area contributed by atoms with Gasteiger partial charge < -0.3 is 10.0 Å². The summed E-state index contributed by atoms with van der Waals surface area (Å²) in [6.07, 6.45) is 0. The summed E-state index contributed by atoms with van der Waals surface area (Å²) in [7, 11) is 0. The van der Waals surface area contributed by atoms with E-state index in [0.29, 0.717) is 11.3 Å². The minimum absolute atomic E-state index is 0.0382. The molecule has 7 nitrogen and oxygen atoms in total. The Hall–Kier alpha value is -1.77. The van der Waals surface area contributed by atoms with Gasteiger partial charge >= 0.3 is 5.97 Å². The molecule has 0 radical (unpaired) electrons. The van der Waals surface area contributed by atoms with Gasteiger partial charge in [0.15, 0.2) is 0 Å². The van der Waals surface area contributed by atoms with Crippen LogP contribution < -0.4 is 4.90 Å². The van der Waals surface area contributed by atoms with Crippen molar-refractivity contribution in [1.29, 1.82) is 0 Å². The van der Waals surface area contributed by atoms with E-state index in [4.69, 9.17) is 0 Å².